The number of hydrogen-bond donors (Lipinski definition) is 1. The highest BCUT2D eigenvalue weighted by Gasteiger charge is 2.36. The highest BCUT2D eigenvalue weighted by atomic mass is 32.2. The van der Waals surface area contributed by atoms with Crippen LogP contribution in [0.2, 0.25) is 0 Å². The Balaban J connectivity index is 1.76. The largest absolute Gasteiger partial charge is 0.497 e. The molecule has 0 bridgehead atoms. The maximum atomic E-state index is 5.43. The molecule has 2 aliphatic rings. The molecule has 1 aliphatic heterocycles. The maximum absolute atomic E-state index is 5.43. The van der Waals surface area contributed by atoms with Gasteiger partial charge in [0.15, 0.2) is 5.17 Å². The second kappa shape index (κ2) is 6.18. The van der Waals surface area contributed by atoms with Gasteiger partial charge >= 0.3 is 0 Å². The van der Waals surface area contributed by atoms with E-state index < -0.39 is 0 Å². The van der Waals surface area contributed by atoms with Crippen LogP contribution in [-0.4, -0.2) is 30.7 Å². The lowest BCUT2D eigenvalue weighted by Gasteiger charge is -2.29. The van der Waals surface area contributed by atoms with Crippen molar-refractivity contribution in [2.24, 2.45) is 4.99 Å². The van der Waals surface area contributed by atoms with Crippen molar-refractivity contribution in [1.82, 2.24) is 0 Å². The number of anilines is 1. The fraction of sp³-hybridized carbons (Fsp3) is 0.562. The molecular formula is C16H22N2O2S. The van der Waals surface area contributed by atoms with Crippen LogP contribution in [0.5, 0.6) is 11.5 Å². The number of nitrogens with one attached hydrogen (secondary N) is 1. The molecular weight excluding hydrogens is 284 g/mol. The molecule has 1 N–H and O–H groups in total. The number of benzene rings is 1. The van der Waals surface area contributed by atoms with Crippen molar-refractivity contribution in [2.45, 2.75) is 37.6 Å². The zero-order chi connectivity index (χ0) is 14.7. The number of aliphatic imine (C=N–C) groups is 1. The molecule has 5 heteroatoms. The van der Waals surface area contributed by atoms with Gasteiger partial charge in [-0.15, -0.1) is 0 Å². The third-order valence-electron chi connectivity index (χ3n) is 4.25. The van der Waals surface area contributed by atoms with E-state index in [0.29, 0.717) is 0 Å². The molecule has 1 heterocycles. The molecule has 0 atom stereocenters. The number of nitrogens with zero attached hydrogens (tertiary/aromatic N) is 1. The van der Waals surface area contributed by atoms with Gasteiger partial charge in [-0.25, -0.2) is 0 Å². The third-order valence-corrected chi connectivity index (χ3v) is 5.40. The van der Waals surface area contributed by atoms with Gasteiger partial charge in [-0.2, -0.15) is 0 Å². The first-order valence-corrected chi connectivity index (χ1v) is 8.45. The summed E-state index contributed by atoms with van der Waals surface area (Å²) in [5.74, 6) is 2.68. The van der Waals surface area contributed by atoms with E-state index in [9.17, 15) is 0 Å². The van der Waals surface area contributed by atoms with Crippen LogP contribution in [0.4, 0.5) is 5.69 Å². The van der Waals surface area contributed by atoms with Crippen molar-refractivity contribution in [3.63, 3.8) is 0 Å². The lowest BCUT2D eigenvalue weighted by Crippen LogP contribution is -2.29. The van der Waals surface area contributed by atoms with Crippen molar-refractivity contribution < 1.29 is 9.47 Å². The van der Waals surface area contributed by atoms with Crippen molar-refractivity contribution in [2.75, 3.05) is 25.3 Å². The average molecular weight is 306 g/mol. The lowest BCUT2D eigenvalue weighted by atomic mass is 9.84. The highest BCUT2D eigenvalue weighted by molar-refractivity contribution is 8.14. The molecule has 1 fully saturated rings. The van der Waals surface area contributed by atoms with E-state index in [1.807, 2.05) is 30.0 Å². The molecule has 1 spiro atoms. The summed E-state index contributed by atoms with van der Waals surface area (Å²) in [6, 6.07) is 5.80. The van der Waals surface area contributed by atoms with E-state index in [1.165, 1.54) is 32.1 Å². The second-order valence-electron chi connectivity index (χ2n) is 5.68. The predicted octanol–water partition coefficient (Wildman–Crippen LogP) is 3.92. The van der Waals surface area contributed by atoms with E-state index in [1.54, 1.807) is 14.2 Å². The Morgan fingerprint density at radius 2 is 1.95 bits per heavy atom. The van der Waals surface area contributed by atoms with E-state index >= 15 is 0 Å². The minimum Gasteiger partial charge on any atom is -0.497 e. The number of rotatable bonds is 3. The first-order chi connectivity index (χ1) is 10.2. The van der Waals surface area contributed by atoms with Crippen molar-refractivity contribution in [3.05, 3.63) is 18.2 Å². The number of methoxy groups -OCH3 is 2. The van der Waals surface area contributed by atoms with Gasteiger partial charge in [0.2, 0.25) is 0 Å². The van der Waals surface area contributed by atoms with Gasteiger partial charge in [0.05, 0.1) is 25.4 Å². The van der Waals surface area contributed by atoms with Gasteiger partial charge in [0.1, 0.15) is 11.5 Å². The van der Waals surface area contributed by atoms with E-state index in [2.05, 4.69) is 5.32 Å². The molecule has 4 nitrogen and oxygen atoms in total. The number of ether oxygens (including phenoxy) is 2. The second-order valence-corrected chi connectivity index (χ2v) is 6.65. The molecule has 1 saturated carbocycles. The molecule has 0 saturated heterocycles. The van der Waals surface area contributed by atoms with Crippen LogP contribution < -0.4 is 14.8 Å². The molecule has 114 valence electrons. The zero-order valence-electron chi connectivity index (χ0n) is 12.6. The average Bonchev–Trinajstić information content (AvgIpc) is 2.90. The minimum atomic E-state index is 0.185. The van der Waals surface area contributed by atoms with Gasteiger partial charge in [-0.1, -0.05) is 31.0 Å². The molecule has 0 amide bonds. The Morgan fingerprint density at radius 3 is 2.67 bits per heavy atom. The highest BCUT2D eigenvalue weighted by Crippen LogP contribution is 2.40. The molecule has 3 rings (SSSR count). The summed E-state index contributed by atoms with van der Waals surface area (Å²) >= 11 is 1.82. The van der Waals surface area contributed by atoms with Gasteiger partial charge in [0, 0.05) is 11.8 Å². The molecule has 21 heavy (non-hydrogen) atoms. The van der Waals surface area contributed by atoms with Crippen LogP contribution in [0.25, 0.3) is 0 Å². The van der Waals surface area contributed by atoms with E-state index in [4.69, 9.17) is 14.5 Å². The van der Waals surface area contributed by atoms with Gasteiger partial charge in [-0.3, -0.25) is 4.99 Å². The summed E-state index contributed by atoms with van der Waals surface area (Å²) < 4.78 is 10.7. The minimum absolute atomic E-state index is 0.185. The van der Waals surface area contributed by atoms with Crippen LogP contribution in [-0.2, 0) is 0 Å². The van der Waals surface area contributed by atoms with Crippen LogP contribution >= 0.6 is 11.8 Å². The number of hydrogen-bond acceptors (Lipinski definition) is 5. The molecule has 0 aromatic heterocycles. The standard InChI is InChI=1S/C16H22N2O2S/c1-19-12-6-7-13(14(10-12)20-2)17-15-18-16(11-21-15)8-4-3-5-9-16/h6-7,10H,3-5,8-9,11H2,1-2H3,(H,17,18). The maximum Gasteiger partial charge on any atom is 0.161 e. The Morgan fingerprint density at radius 1 is 1.14 bits per heavy atom. The Kier molecular flexibility index (Phi) is 4.29. The van der Waals surface area contributed by atoms with Crippen molar-refractivity contribution in [3.8, 4) is 11.5 Å². The fourth-order valence-corrected chi connectivity index (χ4v) is 4.23. The smallest absolute Gasteiger partial charge is 0.161 e. The third kappa shape index (κ3) is 3.12. The summed E-state index contributed by atoms with van der Waals surface area (Å²) in [5, 5.41) is 4.43. The van der Waals surface area contributed by atoms with Crippen molar-refractivity contribution in [1.29, 1.82) is 0 Å². The van der Waals surface area contributed by atoms with Gasteiger partial charge in [-0.05, 0) is 25.0 Å². The quantitative estimate of drug-likeness (QED) is 0.919. The summed E-state index contributed by atoms with van der Waals surface area (Å²) in [7, 11) is 3.33. The predicted molar refractivity (Wildman–Crippen MR) is 88.9 cm³/mol. The Bertz CT molecular complexity index is 539. The summed E-state index contributed by atoms with van der Waals surface area (Å²) in [6.07, 6.45) is 6.43. The number of amidine groups is 1. The summed E-state index contributed by atoms with van der Waals surface area (Å²) in [4.78, 5) is 4.97. The normalized spacial score (nSPS) is 20.2. The molecule has 0 radical (unpaired) electrons. The van der Waals surface area contributed by atoms with Gasteiger partial charge in [0.25, 0.3) is 0 Å². The molecule has 0 unspecified atom stereocenters. The van der Waals surface area contributed by atoms with Crippen LogP contribution in [0.1, 0.15) is 32.1 Å². The van der Waals surface area contributed by atoms with Crippen LogP contribution in [0, 0.1) is 0 Å². The number of thioether (sulfide) groups is 1. The van der Waals surface area contributed by atoms with Crippen molar-refractivity contribution >= 4 is 22.6 Å². The SMILES string of the molecule is COc1ccc(NC2=NC3(CCCCC3)CS2)c(OC)c1. The first kappa shape index (κ1) is 14.6. The van der Waals surface area contributed by atoms with E-state index in [0.717, 1.165) is 28.1 Å². The Labute approximate surface area is 130 Å². The zero-order valence-corrected chi connectivity index (χ0v) is 13.5. The lowest BCUT2D eigenvalue weighted by molar-refractivity contribution is 0.335. The molecule has 1 aromatic rings. The fourth-order valence-electron chi connectivity index (χ4n) is 3.03. The van der Waals surface area contributed by atoms with Gasteiger partial charge < -0.3 is 14.8 Å². The molecule has 1 aromatic carbocycles. The Hall–Kier alpha value is -1.36. The van der Waals surface area contributed by atoms with Crippen LogP contribution in [0.15, 0.2) is 23.2 Å². The summed E-state index contributed by atoms with van der Waals surface area (Å²) in [6.45, 7) is 0. The topological polar surface area (TPSA) is 42.8 Å². The first-order valence-electron chi connectivity index (χ1n) is 7.46. The summed E-state index contributed by atoms with van der Waals surface area (Å²) in [5.41, 5.74) is 1.13. The van der Waals surface area contributed by atoms with Crippen LogP contribution in [0.3, 0.4) is 0 Å². The molecule has 1 aliphatic carbocycles. The monoisotopic (exact) mass is 306 g/mol. The van der Waals surface area contributed by atoms with E-state index in [-0.39, 0.29) is 5.54 Å².